The van der Waals surface area contributed by atoms with Gasteiger partial charge < -0.3 is 5.32 Å². The number of nitrogens with one attached hydrogen (secondary N) is 1. The molecule has 184 valence electrons. The standard InChI is InChI=1S/C26H25F2N7O/c1-14-11-17(12-15(2)21(14)27)23-25(24-16(3)29-7-8-35(24)31-23)34-10-9-33(26(34)36)20-6-5-19-18(22(20)28)13-30-32(19)4/h5-6,9-13,16,29H,7-8H2,1-4H3/t16-/m0/s1. The monoisotopic (exact) mass is 489 g/mol. The fourth-order valence-electron chi connectivity index (χ4n) is 5.16. The van der Waals surface area contributed by atoms with Gasteiger partial charge in [0.2, 0.25) is 0 Å². The maximum Gasteiger partial charge on any atom is 0.337 e. The van der Waals surface area contributed by atoms with E-state index in [0.29, 0.717) is 40.0 Å². The Morgan fingerprint density at radius 2 is 1.78 bits per heavy atom. The fourth-order valence-corrected chi connectivity index (χ4v) is 5.16. The SMILES string of the molecule is Cc1cc(-c2nn3c(c2-n2ccn(-c4ccc5c(cnn5C)c4F)c2=O)[C@H](C)NCC3)cc(C)c1F. The second kappa shape index (κ2) is 7.99. The quantitative estimate of drug-likeness (QED) is 0.417. The normalized spacial score (nSPS) is 15.6. The van der Waals surface area contributed by atoms with Gasteiger partial charge in [-0.05, 0) is 56.2 Å². The molecule has 1 aliphatic heterocycles. The van der Waals surface area contributed by atoms with Crippen LogP contribution in [-0.4, -0.2) is 35.2 Å². The molecule has 0 aliphatic carbocycles. The summed E-state index contributed by atoms with van der Waals surface area (Å²) in [6, 6.07) is 6.74. The van der Waals surface area contributed by atoms with Gasteiger partial charge in [0.25, 0.3) is 0 Å². The zero-order chi connectivity index (χ0) is 25.3. The molecule has 0 unspecified atom stereocenters. The van der Waals surface area contributed by atoms with E-state index in [2.05, 4.69) is 10.4 Å². The molecule has 6 rings (SSSR count). The Kier molecular flexibility index (Phi) is 4.97. The van der Waals surface area contributed by atoms with Crippen LogP contribution in [0.1, 0.15) is 29.8 Å². The van der Waals surface area contributed by atoms with Crippen molar-refractivity contribution in [1.82, 2.24) is 34.0 Å². The number of hydrogen-bond donors (Lipinski definition) is 1. The molecule has 0 fully saturated rings. The molecule has 5 aromatic rings. The molecule has 1 N–H and O–H groups in total. The topological polar surface area (TPSA) is 74.6 Å². The van der Waals surface area contributed by atoms with E-state index >= 15 is 4.39 Å². The van der Waals surface area contributed by atoms with Crippen LogP contribution in [0.15, 0.2) is 47.7 Å². The van der Waals surface area contributed by atoms with Crippen LogP contribution in [0.25, 0.3) is 33.5 Å². The van der Waals surface area contributed by atoms with E-state index in [1.807, 2.05) is 11.6 Å². The Balaban J connectivity index is 1.59. The summed E-state index contributed by atoms with van der Waals surface area (Å²) < 4.78 is 36.1. The molecule has 0 amide bonds. The average Bonchev–Trinajstić information content (AvgIpc) is 3.53. The first kappa shape index (κ1) is 22.4. The third-order valence-electron chi connectivity index (χ3n) is 6.98. The van der Waals surface area contributed by atoms with Crippen molar-refractivity contribution >= 4 is 10.9 Å². The van der Waals surface area contributed by atoms with Gasteiger partial charge in [-0.25, -0.2) is 13.6 Å². The molecule has 4 heterocycles. The van der Waals surface area contributed by atoms with Crippen LogP contribution in [-0.2, 0) is 13.6 Å². The summed E-state index contributed by atoms with van der Waals surface area (Å²) >= 11 is 0. The van der Waals surface area contributed by atoms with Crippen molar-refractivity contribution in [2.24, 2.45) is 7.05 Å². The molecule has 2 aromatic carbocycles. The lowest BCUT2D eigenvalue weighted by Gasteiger charge is -2.23. The summed E-state index contributed by atoms with van der Waals surface area (Å²) in [5.41, 5.74) is 4.11. The van der Waals surface area contributed by atoms with Gasteiger partial charge in [0.1, 0.15) is 17.2 Å². The molecule has 0 saturated heterocycles. The highest BCUT2D eigenvalue weighted by molar-refractivity contribution is 5.82. The lowest BCUT2D eigenvalue weighted by Crippen LogP contribution is -2.33. The smallest absolute Gasteiger partial charge is 0.307 e. The van der Waals surface area contributed by atoms with Crippen LogP contribution < -0.4 is 11.0 Å². The molecule has 36 heavy (non-hydrogen) atoms. The van der Waals surface area contributed by atoms with Crippen LogP contribution >= 0.6 is 0 Å². The van der Waals surface area contributed by atoms with E-state index < -0.39 is 11.5 Å². The number of aromatic nitrogens is 6. The minimum Gasteiger partial charge on any atom is -0.307 e. The average molecular weight is 490 g/mol. The Morgan fingerprint density at radius 3 is 2.53 bits per heavy atom. The highest BCUT2D eigenvalue weighted by Crippen LogP contribution is 2.35. The Bertz CT molecular complexity index is 1700. The van der Waals surface area contributed by atoms with Crippen LogP contribution in [0.3, 0.4) is 0 Å². The number of rotatable bonds is 3. The third-order valence-corrected chi connectivity index (χ3v) is 6.98. The van der Waals surface area contributed by atoms with E-state index in [4.69, 9.17) is 5.10 Å². The van der Waals surface area contributed by atoms with E-state index in [-0.39, 0.29) is 17.5 Å². The van der Waals surface area contributed by atoms with Gasteiger partial charge in [-0.2, -0.15) is 10.2 Å². The van der Waals surface area contributed by atoms with E-state index in [1.165, 1.54) is 15.3 Å². The second-order valence-corrected chi connectivity index (χ2v) is 9.33. The Morgan fingerprint density at radius 1 is 1.06 bits per heavy atom. The zero-order valence-electron chi connectivity index (χ0n) is 20.4. The minimum atomic E-state index is -0.516. The number of aryl methyl sites for hydroxylation is 3. The highest BCUT2D eigenvalue weighted by atomic mass is 19.1. The van der Waals surface area contributed by atoms with E-state index in [9.17, 15) is 9.18 Å². The van der Waals surface area contributed by atoms with Gasteiger partial charge in [-0.3, -0.25) is 18.5 Å². The van der Waals surface area contributed by atoms with Gasteiger partial charge in [0.15, 0.2) is 5.82 Å². The summed E-state index contributed by atoms with van der Waals surface area (Å²) in [7, 11) is 1.74. The first-order chi connectivity index (χ1) is 17.3. The first-order valence-electron chi connectivity index (χ1n) is 11.8. The molecular formula is C26H25F2N7O. The number of nitrogens with zero attached hydrogens (tertiary/aromatic N) is 6. The molecule has 8 nitrogen and oxygen atoms in total. The third kappa shape index (κ3) is 3.17. The Labute approximate surface area is 205 Å². The predicted octanol–water partition coefficient (Wildman–Crippen LogP) is 3.94. The summed E-state index contributed by atoms with van der Waals surface area (Å²) in [5, 5.41) is 12.7. The van der Waals surface area contributed by atoms with Crippen molar-refractivity contribution in [3.63, 3.8) is 0 Å². The minimum absolute atomic E-state index is 0.0728. The zero-order valence-corrected chi connectivity index (χ0v) is 20.4. The van der Waals surface area contributed by atoms with Crippen molar-refractivity contribution in [2.75, 3.05) is 6.54 Å². The second-order valence-electron chi connectivity index (χ2n) is 9.33. The summed E-state index contributed by atoms with van der Waals surface area (Å²) in [5.74, 6) is -0.776. The summed E-state index contributed by atoms with van der Waals surface area (Å²) in [6.07, 6.45) is 4.63. The van der Waals surface area contributed by atoms with Crippen LogP contribution in [0, 0.1) is 25.5 Å². The predicted molar refractivity (Wildman–Crippen MR) is 133 cm³/mol. The van der Waals surface area contributed by atoms with Crippen LogP contribution in [0.4, 0.5) is 8.78 Å². The summed E-state index contributed by atoms with van der Waals surface area (Å²) in [6.45, 7) is 6.81. The van der Waals surface area contributed by atoms with Gasteiger partial charge in [0, 0.05) is 37.6 Å². The van der Waals surface area contributed by atoms with Crippen molar-refractivity contribution in [3.05, 3.63) is 81.8 Å². The Hall–Kier alpha value is -4.05. The molecule has 0 spiro atoms. The number of imidazole rings is 1. The van der Waals surface area contributed by atoms with Crippen molar-refractivity contribution in [3.8, 4) is 22.6 Å². The largest absolute Gasteiger partial charge is 0.337 e. The van der Waals surface area contributed by atoms with Crippen molar-refractivity contribution < 1.29 is 8.78 Å². The van der Waals surface area contributed by atoms with Crippen molar-refractivity contribution in [2.45, 2.75) is 33.4 Å². The molecule has 3 aromatic heterocycles. The molecule has 0 bridgehead atoms. The number of hydrogen-bond acceptors (Lipinski definition) is 4. The van der Waals surface area contributed by atoms with E-state index in [0.717, 1.165) is 17.8 Å². The fraction of sp³-hybridized carbons (Fsp3) is 0.269. The lowest BCUT2D eigenvalue weighted by atomic mass is 10.0. The summed E-state index contributed by atoms with van der Waals surface area (Å²) in [4.78, 5) is 13.7. The molecule has 0 radical (unpaired) electrons. The molecule has 1 atom stereocenters. The lowest BCUT2D eigenvalue weighted by molar-refractivity contribution is 0.419. The van der Waals surface area contributed by atoms with E-state index in [1.54, 1.807) is 62.2 Å². The number of benzene rings is 2. The van der Waals surface area contributed by atoms with Gasteiger partial charge in [-0.15, -0.1) is 0 Å². The van der Waals surface area contributed by atoms with Gasteiger partial charge >= 0.3 is 5.69 Å². The maximum atomic E-state index is 15.4. The number of halogens is 2. The highest BCUT2D eigenvalue weighted by Gasteiger charge is 2.29. The number of fused-ring (bicyclic) bond motifs is 2. The van der Waals surface area contributed by atoms with Gasteiger partial charge in [0.05, 0.1) is 35.0 Å². The first-order valence-corrected chi connectivity index (χ1v) is 11.8. The van der Waals surface area contributed by atoms with Crippen molar-refractivity contribution in [1.29, 1.82) is 0 Å². The molecule has 1 aliphatic rings. The molecule has 10 heteroatoms. The molecule has 0 saturated carbocycles. The van der Waals surface area contributed by atoms with Crippen LogP contribution in [0.2, 0.25) is 0 Å². The maximum absolute atomic E-state index is 15.4. The van der Waals surface area contributed by atoms with Gasteiger partial charge in [-0.1, -0.05) is 0 Å². The molecular weight excluding hydrogens is 464 g/mol. The van der Waals surface area contributed by atoms with Crippen LogP contribution in [0.5, 0.6) is 0 Å².